The molecule has 4 heteroatoms. The van der Waals surface area contributed by atoms with Crippen LogP contribution >= 0.6 is 0 Å². The molecule has 0 amide bonds. The van der Waals surface area contributed by atoms with Crippen LogP contribution in [0.25, 0.3) is 0 Å². The summed E-state index contributed by atoms with van der Waals surface area (Å²) in [6.07, 6.45) is 0. The fourth-order valence-corrected chi connectivity index (χ4v) is 3.32. The van der Waals surface area contributed by atoms with E-state index in [2.05, 4.69) is 0 Å². The van der Waals surface area contributed by atoms with Crippen molar-refractivity contribution in [2.75, 3.05) is 12.9 Å². The van der Waals surface area contributed by atoms with Crippen molar-refractivity contribution in [2.24, 2.45) is 5.92 Å². The summed E-state index contributed by atoms with van der Waals surface area (Å²) in [7, 11) is 0.400. The minimum Gasteiger partial charge on any atom is -0.495 e. The third kappa shape index (κ3) is 1.59. The number of carbonyl (C=O) groups is 1. The summed E-state index contributed by atoms with van der Waals surface area (Å²) in [6, 6.07) is 5.21. The lowest BCUT2D eigenvalue weighted by Gasteiger charge is -2.21. The van der Waals surface area contributed by atoms with Gasteiger partial charge in [0.05, 0.1) is 22.8 Å². The van der Waals surface area contributed by atoms with Gasteiger partial charge >= 0.3 is 0 Å². The Morgan fingerprint density at radius 1 is 1.47 bits per heavy atom. The Hall–Kier alpha value is -1.16. The minimum absolute atomic E-state index is 0.0588. The first-order chi connectivity index (χ1) is 7.15. The molecule has 0 aliphatic carbocycles. The molecule has 2 unspecified atom stereocenters. The predicted octanol–water partition coefficient (Wildman–Crippen LogP) is 1.64. The van der Waals surface area contributed by atoms with E-state index in [1.54, 1.807) is 18.2 Å². The second-order valence-corrected chi connectivity index (χ2v) is 5.05. The Morgan fingerprint density at radius 3 is 2.87 bits per heavy atom. The van der Waals surface area contributed by atoms with Crippen molar-refractivity contribution in [3.05, 3.63) is 23.8 Å². The molecule has 1 aliphatic rings. The highest BCUT2D eigenvalue weighted by molar-refractivity contribution is 7.85. The quantitative estimate of drug-likeness (QED) is 0.728. The van der Waals surface area contributed by atoms with Gasteiger partial charge in [0.2, 0.25) is 0 Å². The molecule has 0 aromatic heterocycles. The molecule has 0 N–H and O–H groups in total. The molecular weight excluding hydrogens is 212 g/mol. The Balaban J connectivity index is 2.65. The van der Waals surface area contributed by atoms with Crippen molar-refractivity contribution in [3.8, 4) is 5.75 Å². The molecule has 0 saturated heterocycles. The van der Waals surface area contributed by atoms with Gasteiger partial charge in [-0.3, -0.25) is 9.00 Å². The third-order valence-electron chi connectivity index (χ3n) is 2.54. The molecule has 0 fully saturated rings. The van der Waals surface area contributed by atoms with Gasteiger partial charge in [-0.1, -0.05) is 13.0 Å². The monoisotopic (exact) mass is 224 g/mol. The normalized spacial score (nSPS) is 24.8. The van der Waals surface area contributed by atoms with E-state index in [0.29, 0.717) is 22.0 Å². The maximum Gasteiger partial charge on any atom is 0.167 e. The van der Waals surface area contributed by atoms with Crippen LogP contribution in [0.15, 0.2) is 23.1 Å². The van der Waals surface area contributed by atoms with E-state index in [-0.39, 0.29) is 11.7 Å². The number of hydrogen-bond acceptors (Lipinski definition) is 3. The summed E-state index contributed by atoms with van der Waals surface area (Å²) in [5.74, 6) is 0.840. The van der Waals surface area contributed by atoms with Crippen molar-refractivity contribution >= 4 is 16.6 Å². The van der Waals surface area contributed by atoms with Gasteiger partial charge in [0.1, 0.15) is 5.75 Å². The average Bonchev–Trinajstić information content (AvgIpc) is 2.25. The fraction of sp³-hybridized carbons (Fsp3) is 0.364. The highest BCUT2D eigenvalue weighted by atomic mass is 32.2. The summed E-state index contributed by atoms with van der Waals surface area (Å²) < 4.78 is 17.0. The lowest BCUT2D eigenvalue weighted by atomic mass is 10.00. The molecule has 1 aromatic rings. The molecule has 2 rings (SSSR count). The Morgan fingerprint density at radius 2 is 2.20 bits per heavy atom. The number of methoxy groups -OCH3 is 1. The third-order valence-corrected chi connectivity index (χ3v) is 4.22. The van der Waals surface area contributed by atoms with Crippen LogP contribution in [0.3, 0.4) is 0 Å². The van der Waals surface area contributed by atoms with Crippen LogP contribution in [0.2, 0.25) is 0 Å². The number of fused-ring (bicyclic) bond motifs is 1. The average molecular weight is 224 g/mol. The van der Waals surface area contributed by atoms with Crippen LogP contribution in [0, 0.1) is 5.92 Å². The van der Waals surface area contributed by atoms with Gasteiger partial charge in [-0.25, -0.2) is 0 Å². The summed E-state index contributed by atoms with van der Waals surface area (Å²) in [5.41, 5.74) is 0.548. The van der Waals surface area contributed by atoms with Gasteiger partial charge in [-0.05, 0) is 12.1 Å². The molecule has 15 heavy (non-hydrogen) atoms. The van der Waals surface area contributed by atoms with Gasteiger partial charge in [-0.15, -0.1) is 0 Å². The molecular formula is C11H12O3S. The first-order valence-corrected chi connectivity index (χ1v) is 6.06. The van der Waals surface area contributed by atoms with Crippen LogP contribution in [-0.4, -0.2) is 22.9 Å². The molecule has 0 bridgehead atoms. The first kappa shape index (κ1) is 10.4. The minimum atomic E-state index is -1.12. The van der Waals surface area contributed by atoms with Gasteiger partial charge in [-0.2, -0.15) is 0 Å². The van der Waals surface area contributed by atoms with Crippen LogP contribution < -0.4 is 4.74 Å². The summed E-state index contributed by atoms with van der Waals surface area (Å²) in [5, 5.41) is 0. The van der Waals surface area contributed by atoms with E-state index < -0.39 is 10.8 Å². The van der Waals surface area contributed by atoms with E-state index in [4.69, 9.17) is 4.74 Å². The smallest absolute Gasteiger partial charge is 0.167 e. The molecule has 1 heterocycles. The number of Topliss-reactive ketones (excluding diaryl/α,β-unsaturated/α-hetero) is 1. The summed E-state index contributed by atoms with van der Waals surface area (Å²) in [4.78, 5) is 12.4. The van der Waals surface area contributed by atoms with E-state index in [9.17, 15) is 9.00 Å². The predicted molar refractivity (Wildman–Crippen MR) is 57.8 cm³/mol. The highest BCUT2D eigenvalue weighted by Gasteiger charge is 2.30. The number of benzene rings is 1. The van der Waals surface area contributed by atoms with E-state index in [1.165, 1.54) is 7.11 Å². The SMILES string of the molecule is COc1cccc2c1S(=O)CC(C)C2=O. The zero-order valence-corrected chi connectivity index (χ0v) is 9.47. The zero-order valence-electron chi connectivity index (χ0n) is 8.65. The number of carbonyl (C=O) groups excluding carboxylic acids is 1. The largest absolute Gasteiger partial charge is 0.495 e. The van der Waals surface area contributed by atoms with Crippen LogP contribution in [0.1, 0.15) is 17.3 Å². The van der Waals surface area contributed by atoms with Crippen molar-refractivity contribution in [1.82, 2.24) is 0 Å². The van der Waals surface area contributed by atoms with Crippen molar-refractivity contribution in [1.29, 1.82) is 0 Å². The van der Waals surface area contributed by atoms with Gasteiger partial charge in [0.25, 0.3) is 0 Å². The lowest BCUT2D eigenvalue weighted by molar-refractivity contribution is 0.0934. The first-order valence-electron chi connectivity index (χ1n) is 4.74. The molecule has 1 aliphatic heterocycles. The Bertz CT molecular complexity index is 439. The number of ether oxygens (including phenoxy) is 1. The fourth-order valence-electron chi connectivity index (χ4n) is 1.76. The van der Waals surface area contributed by atoms with Gasteiger partial charge in [0.15, 0.2) is 5.78 Å². The molecule has 80 valence electrons. The van der Waals surface area contributed by atoms with E-state index in [0.717, 1.165) is 0 Å². The van der Waals surface area contributed by atoms with Crippen molar-refractivity contribution in [2.45, 2.75) is 11.8 Å². The molecule has 3 nitrogen and oxygen atoms in total. The van der Waals surface area contributed by atoms with Crippen molar-refractivity contribution < 1.29 is 13.7 Å². The Labute approximate surface area is 90.9 Å². The topological polar surface area (TPSA) is 43.4 Å². The molecule has 0 radical (unpaired) electrons. The number of ketones is 1. The molecule has 2 atom stereocenters. The van der Waals surface area contributed by atoms with E-state index >= 15 is 0 Å². The van der Waals surface area contributed by atoms with Crippen LogP contribution in [0.4, 0.5) is 0 Å². The molecule has 1 aromatic carbocycles. The maximum atomic E-state index is 11.9. The van der Waals surface area contributed by atoms with Crippen LogP contribution in [-0.2, 0) is 10.8 Å². The van der Waals surface area contributed by atoms with Crippen molar-refractivity contribution in [3.63, 3.8) is 0 Å². The maximum absolute atomic E-state index is 11.9. The Kier molecular flexibility index (Phi) is 2.61. The molecule has 0 saturated carbocycles. The number of rotatable bonds is 1. The molecule has 0 spiro atoms. The number of hydrogen-bond donors (Lipinski definition) is 0. The summed E-state index contributed by atoms with van der Waals surface area (Å²) >= 11 is 0. The zero-order chi connectivity index (χ0) is 11.0. The second-order valence-electron chi connectivity index (χ2n) is 3.61. The summed E-state index contributed by atoms with van der Waals surface area (Å²) in [6.45, 7) is 1.81. The highest BCUT2D eigenvalue weighted by Crippen LogP contribution is 2.32. The standard InChI is InChI=1S/C11H12O3S/c1-7-6-15(13)11-8(10(7)12)4-3-5-9(11)14-2/h3-5,7H,6H2,1-2H3. The van der Waals surface area contributed by atoms with Gasteiger partial charge in [0, 0.05) is 17.2 Å². The lowest BCUT2D eigenvalue weighted by Crippen LogP contribution is -2.26. The van der Waals surface area contributed by atoms with Crippen LogP contribution in [0.5, 0.6) is 5.75 Å². The second kappa shape index (κ2) is 3.77. The van der Waals surface area contributed by atoms with E-state index in [1.807, 2.05) is 6.92 Å². The van der Waals surface area contributed by atoms with Gasteiger partial charge < -0.3 is 4.74 Å².